The first kappa shape index (κ1) is 23.5. The zero-order valence-electron chi connectivity index (χ0n) is 17.6. The molecule has 0 aromatic heterocycles. The maximum atomic E-state index is 12.8. The Kier molecular flexibility index (Phi) is 9.48. The molecule has 1 aromatic carbocycles. The Labute approximate surface area is 167 Å². The molecule has 0 unspecified atom stereocenters. The minimum atomic E-state index is -0.756. The van der Waals surface area contributed by atoms with Crippen molar-refractivity contribution in [1.29, 1.82) is 0 Å². The number of nitrogens with one attached hydrogen (secondary N) is 2. The highest BCUT2D eigenvalue weighted by Crippen LogP contribution is 2.13. The third-order valence-electron chi connectivity index (χ3n) is 4.19. The van der Waals surface area contributed by atoms with E-state index in [2.05, 4.69) is 10.6 Å². The molecule has 7 heteroatoms. The van der Waals surface area contributed by atoms with E-state index in [0.29, 0.717) is 24.2 Å². The van der Waals surface area contributed by atoms with Gasteiger partial charge in [0, 0.05) is 5.56 Å². The van der Waals surface area contributed by atoms with Gasteiger partial charge in [-0.2, -0.15) is 0 Å². The van der Waals surface area contributed by atoms with Crippen molar-refractivity contribution >= 4 is 17.8 Å². The largest absolute Gasteiger partial charge is 0.497 e. The Bertz CT molecular complexity index is 655. The average molecular weight is 392 g/mol. The molecule has 7 nitrogen and oxygen atoms in total. The molecule has 0 bridgehead atoms. The fourth-order valence-corrected chi connectivity index (χ4v) is 2.79. The van der Waals surface area contributed by atoms with Crippen LogP contribution in [-0.2, 0) is 14.3 Å². The molecule has 0 heterocycles. The molecule has 0 aliphatic rings. The van der Waals surface area contributed by atoms with Crippen molar-refractivity contribution in [3.63, 3.8) is 0 Å². The highest BCUT2D eigenvalue weighted by atomic mass is 16.5. The molecule has 0 spiro atoms. The van der Waals surface area contributed by atoms with Crippen molar-refractivity contribution in [3.8, 4) is 5.75 Å². The molecule has 0 fully saturated rings. The predicted molar refractivity (Wildman–Crippen MR) is 107 cm³/mol. The summed E-state index contributed by atoms with van der Waals surface area (Å²) >= 11 is 0. The van der Waals surface area contributed by atoms with Crippen molar-refractivity contribution in [2.75, 3.05) is 14.2 Å². The summed E-state index contributed by atoms with van der Waals surface area (Å²) in [6.45, 7) is 7.84. The van der Waals surface area contributed by atoms with Gasteiger partial charge >= 0.3 is 5.97 Å². The second kappa shape index (κ2) is 11.3. The molecule has 28 heavy (non-hydrogen) atoms. The van der Waals surface area contributed by atoms with Gasteiger partial charge in [-0.1, -0.05) is 27.7 Å². The lowest BCUT2D eigenvalue weighted by atomic mass is 10.00. The lowest BCUT2D eigenvalue weighted by Crippen LogP contribution is -2.52. The molecule has 0 aliphatic heterocycles. The molecule has 1 rings (SSSR count). The first-order valence-electron chi connectivity index (χ1n) is 9.51. The molecule has 2 N–H and O–H groups in total. The number of hydrogen-bond acceptors (Lipinski definition) is 5. The smallest absolute Gasteiger partial charge is 0.328 e. The molecule has 0 aliphatic carbocycles. The Morgan fingerprint density at radius 2 is 1.39 bits per heavy atom. The normalized spacial score (nSPS) is 13.0. The van der Waals surface area contributed by atoms with Gasteiger partial charge < -0.3 is 20.1 Å². The van der Waals surface area contributed by atoms with E-state index in [4.69, 9.17) is 9.47 Å². The second-order valence-corrected chi connectivity index (χ2v) is 7.60. The first-order chi connectivity index (χ1) is 13.2. The van der Waals surface area contributed by atoms with Gasteiger partial charge in [0.1, 0.15) is 17.8 Å². The lowest BCUT2D eigenvalue weighted by molar-refractivity contribution is -0.145. The quantitative estimate of drug-likeness (QED) is 0.597. The van der Waals surface area contributed by atoms with Crippen LogP contribution in [0.1, 0.15) is 50.9 Å². The van der Waals surface area contributed by atoms with Gasteiger partial charge in [-0.25, -0.2) is 4.79 Å². The standard InChI is InChI=1S/C21H32N2O5/c1-13(2)11-17(20(25)23-18(12-14(3)4)21(26)28-6)22-19(24)15-7-9-16(27-5)10-8-15/h7-10,13-14,17-18H,11-12H2,1-6H3,(H,22,24)(H,23,25)/t17-,18+/m1/s1. The van der Waals surface area contributed by atoms with Gasteiger partial charge in [0.15, 0.2) is 0 Å². The van der Waals surface area contributed by atoms with Crippen LogP contribution in [-0.4, -0.2) is 44.1 Å². The van der Waals surface area contributed by atoms with Gasteiger partial charge in [0.2, 0.25) is 5.91 Å². The summed E-state index contributed by atoms with van der Waals surface area (Å²) in [5.74, 6) is -0.238. The van der Waals surface area contributed by atoms with Crippen LogP contribution in [0.4, 0.5) is 0 Å². The van der Waals surface area contributed by atoms with Crippen molar-refractivity contribution < 1.29 is 23.9 Å². The topological polar surface area (TPSA) is 93.7 Å². The molecule has 1 aromatic rings. The number of esters is 1. The van der Waals surface area contributed by atoms with E-state index in [0.717, 1.165) is 0 Å². The van der Waals surface area contributed by atoms with Crippen LogP contribution < -0.4 is 15.4 Å². The van der Waals surface area contributed by atoms with E-state index in [9.17, 15) is 14.4 Å². The number of ether oxygens (including phenoxy) is 2. The van der Waals surface area contributed by atoms with Gasteiger partial charge in [0.25, 0.3) is 5.91 Å². The number of benzene rings is 1. The fourth-order valence-electron chi connectivity index (χ4n) is 2.79. The Balaban J connectivity index is 2.90. The maximum absolute atomic E-state index is 12.8. The molecular formula is C21H32N2O5. The average Bonchev–Trinajstić information content (AvgIpc) is 2.65. The number of rotatable bonds is 10. The van der Waals surface area contributed by atoms with E-state index in [-0.39, 0.29) is 17.7 Å². The fraction of sp³-hybridized carbons (Fsp3) is 0.571. The monoisotopic (exact) mass is 392 g/mol. The lowest BCUT2D eigenvalue weighted by Gasteiger charge is -2.24. The van der Waals surface area contributed by atoms with E-state index in [1.54, 1.807) is 31.4 Å². The third-order valence-corrected chi connectivity index (χ3v) is 4.19. The van der Waals surface area contributed by atoms with Gasteiger partial charge in [-0.3, -0.25) is 9.59 Å². The number of carbonyl (C=O) groups excluding carboxylic acids is 3. The summed E-state index contributed by atoms with van der Waals surface area (Å²) in [6.07, 6.45) is 0.905. The van der Waals surface area contributed by atoms with Gasteiger partial charge in [-0.05, 0) is 48.9 Å². The van der Waals surface area contributed by atoms with Crippen LogP contribution in [0.2, 0.25) is 0 Å². The second-order valence-electron chi connectivity index (χ2n) is 7.60. The number of amides is 2. The maximum Gasteiger partial charge on any atom is 0.328 e. The number of methoxy groups -OCH3 is 2. The zero-order valence-corrected chi connectivity index (χ0v) is 17.6. The molecule has 2 amide bonds. The summed E-state index contributed by atoms with van der Waals surface area (Å²) in [5, 5.41) is 5.50. The molecule has 156 valence electrons. The Morgan fingerprint density at radius 3 is 1.86 bits per heavy atom. The number of hydrogen-bond donors (Lipinski definition) is 2. The summed E-state index contributed by atoms with van der Waals surface area (Å²) in [5.41, 5.74) is 0.425. The minimum absolute atomic E-state index is 0.175. The molecule has 0 saturated heterocycles. The van der Waals surface area contributed by atoms with Crippen molar-refractivity contribution in [1.82, 2.24) is 10.6 Å². The SMILES string of the molecule is COC(=O)[C@H](CC(C)C)NC(=O)[C@@H](CC(C)C)NC(=O)c1ccc(OC)cc1. The van der Waals surface area contributed by atoms with Gasteiger partial charge in [0.05, 0.1) is 14.2 Å². The van der Waals surface area contributed by atoms with E-state index >= 15 is 0 Å². The summed E-state index contributed by atoms with van der Waals surface area (Å²) in [4.78, 5) is 37.4. The highest BCUT2D eigenvalue weighted by Gasteiger charge is 2.28. The van der Waals surface area contributed by atoms with Crippen LogP contribution in [0.15, 0.2) is 24.3 Å². The van der Waals surface area contributed by atoms with Crippen LogP contribution in [0.25, 0.3) is 0 Å². The van der Waals surface area contributed by atoms with E-state index in [1.165, 1.54) is 7.11 Å². The van der Waals surface area contributed by atoms with Crippen molar-refractivity contribution in [2.45, 2.75) is 52.6 Å². The van der Waals surface area contributed by atoms with E-state index < -0.39 is 24.0 Å². The van der Waals surface area contributed by atoms with Crippen molar-refractivity contribution in [3.05, 3.63) is 29.8 Å². The van der Waals surface area contributed by atoms with Crippen LogP contribution in [0, 0.1) is 11.8 Å². The molecule has 2 atom stereocenters. The number of carbonyl (C=O) groups is 3. The Morgan fingerprint density at radius 1 is 0.857 bits per heavy atom. The zero-order chi connectivity index (χ0) is 21.3. The van der Waals surface area contributed by atoms with Crippen LogP contribution >= 0.6 is 0 Å². The van der Waals surface area contributed by atoms with Crippen LogP contribution in [0.5, 0.6) is 5.75 Å². The van der Waals surface area contributed by atoms with Crippen molar-refractivity contribution in [2.24, 2.45) is 11.8 Å². The molecule has 0 radical (unpaired) electrons. The Hall–Kier alpha value is -2.57. The molecule has 0 saturated carbocycles. The van der Waals surface area contributed by atoms with Gasteiger partial charge in [-0.15, -0.1) is 0 Å². The summed E-state index contributed by atoms with van der Waals surface area (Å²) in [6, 6.07) is 5.13. The van der Waals surface area contributed by atoms with E-state index in [1.807, 2.05) is 27.7 Å². The predicted octanol–water partition coefficient (Wildman–Crippen LogP) is 2.54. The summed E-state index contributed by atoms with van der Waals surface area (Å²) < 4.78 is 9.88. The minimum Gasteiger partial charge on any atom is -0.497 e. The third kappa shape index (κ3) is 7.58. The summed E-state index contributed by atoms with van der Waals surface area (Å²) in [7, 11) is 2.84. The van der Waals surface area contributed by atoms with Crippen LogP contribution in [0.3, 0.4) is 0 Å². The molecular weight excluding hydrogens is 360 g/mol. The highest BCUT2D eigenvalue weighted by molar-refractivity contribution is 5.98. The first-order valence-corrected chi connectivity index (χ1v) is 9.51.